The maximum Gasteiger partial charge on any atom is 0.408 e. The molecule has 5 nitrogen and oxygen atoms in total. The highest BCUT2D eigenvalue weighted by Gasteiger charge is 2.32. The Balaban J connectivity index is 1.74. The minimum atomic E-state index is -0.815. The van der Waals surface area contributed by atoms with Gasteiger partial charge in [0.05, 0.1) is 0 Å². The number of carbonyl (C=O) groups is 2. The van der Waals surface area contributed by atoms with Gasteiger partial charge in [0.25, 0.3) is 0 Å². The van der Waals surface area contributed by atoms with Gasteiger partial charge in [0.1, 0.15) is 11.6 Å². The topological polar surface area (TPSA) is 64.6 Å². The number of esters is 1. The van der Waals surface area contributed by atoms with Gasteiger partial charge < -0.3 is 14.8 Å². The molecule has 0 radical (unpaired) electrons. The smallest absolute Gasteiger partial charge is 0.408 e. The number of fused-ring (bicyclic) bond motifs is 3. The minimum Gasteiger partial charge on any atom is -0.451 e. The zero-order valence-electron chi connectivity index (χ0n) is 15.4. The zero-order valence-corrected chi connectivity index (χ0v) is 15.4. The van der Waals surface area contributed by atoms with Crippen LogP contribution in [0.1, 0.15) is 44.9 Å². The van der Waals surface area contributed by atoms with Crippen molar-refractivity contribution in [1.82, 2.24) is 5.32 Å². The van der Waals surface area contributed by atoms with E-state index in [2.05, 4.69) is 5.32 Å². The molecule has 0 bridgehead atoms. The summed E-state index contributed by atoms with van der Waals surface area (Å²) in [6.45, 7) is 6.88. The largest absolute Gasteiger partial charge is 0.451 e. The SMILES string of the molecule is CC(NC(=O)OC(C)(C)C)C(=O)OC1c2ccccc2-c2ccccc21. The molecule has 0 saturated heterocycles. The second-order valence-corrected chi connectivity index (χ2v) is 7.36. The molecular weight excluding hydrogens is 330 g/mol. The van der Waals surface area contributed by atoms with Gasteiger partial charge in [-0.3, -0.25) is 0 Å². The first-order valence-electron chi connectivity index (χ1n) is 8.64. The summed E-state index contributed by atoms with van der Waals surface area (Å²) in [5, 5.41) is 2.52. The standard InChI is InChI=1S/C21H23NO4/c1-13(22-20(24)26-21(2,3)4)19(23)25-18-16-11-7-5-9-14(16)15-10-6-8-12-17(15)18/h5-13,18H,1-4H3,(H,22,24). The van der Waals surface area contributed by atoms with E-state index in [1.807, 2.05) is 48.5 Å². The Morgan fingerprint density at radius 2 is 1.46 bits per heavy atom. The van der Waals surface area contributed by atoms with Crippen LogP contribution < -0.4 is 5.32 Å². The molecule has 2 aromatic carbocycles. The zero-order chi connectivity index (χ0) is 18.9. The summed E-state index contributed by atoms with van der Waals surface area (Å²) in [4.78, 5) is 24.4. The summed E-state index contributed by atoms with van der Waals surface area (Å²) in [5.74, 6) is -0.507. The highest BCUT2D eigenvalue weighted by Crippen LogP contribution is 2.45. The van der Waals surface area contributed by atoms with Crippen molar-refractivity contribution in [3.05, 3.63) is 59.7 Å². The lowest BCUT2D eigenvalue weighted by atomic mass is 10.1. The number of benzene rings is 2. The number of nitrogens with one attached hydrogen (secondary N) is 1. The predicted molar refractivity (Wildman–Crippen MR) is 98.6 cm³/mol. The van der Waals surface area contributed by atoms with Crippen molar-refractivity contribution in [3.8, 4) is 11.1 Å². The van der Waals surface area contributed by atoms with Crippen molar-refractivity contribution in [2.45, 2.75) is 45.4 Å². The van der Waals surface area contributed by atoms with Crippen LogP contribution in [-0.2, 0) is 14.3 Å². The van der Waals surface area contributed by atoms with Gasteiger partial charge in [0.2, 0.25) is 0 Å². The maximum atomic E-state index is 12.5. The van der Waals surface area contributed by atoms with E-state index < -0.39 is 29.8 Å². The Labute approximate surface area is 153 Å². The molecule has 136 valence electrons. The molecule has 0 saturated carbocycles. The van der Waals surface area contributed by atoms with E-state index in [0.717, 1.165) is 22.3 Å². The number of carbonyl (C=O) groups excluding carboxylic acids is 2. The average molecular weight is 353 g/mol. The number of alkyl carbamates (subject to hydrolysis) is 1. The Bertz CT molecular complexity index is 792. The summed E-state index contributed by atoms with van der Waals surface area (Å²) >= 11 is 0. The van der Waals surface area contributed by atoms with Crippen LogP contribution in [0.2, 0.25) is 0 Å². The Morgan fingerprint density at radius 1 is 0.962 bits per heavy atom. The molecule has 1 aliphatic carbocycles. The molecule has 1 aliphatic rings. The second kappa shape index (κ2) is 6.83. The lowest BCUT2D eigenvalue weighted by molar-refractivity contribution is -0.149. The van der Waals surface area contributed by atoms with Crippen molar-refractivity contribution in [1.29, 1.82) is 0 Å². The first-order chi connectivity index (χ1) is 12.3. The van der Waals surface area contributed by atoms with Gasteiger partial charge in [-0.25, -0.2) is 9.59 Å². The lowest BCUT2D eigenvalue weighted by Gasteiger charge is -2.22. The van der Waals surface area contributed by atoms with Gasteiger partial charge in [-0.15, -0.1) is 0 Å². The molecule has 1 N–H and O–H groups in total. The van der Waals surface area contributed by atoms with Gasteiger partial charge in [-0.2, -0.15) is 0 Å². The van der Waals surface area contributed by atoms with E-state index in [9.17, 15) is 9.59 Å². The van der Waals surface area contributed by atoms with Crippen molar-refractivity contribution >= 4 is 12.1 Å². The van der Waals surface area contributed by atoms with Crippen molar-refractivity contribution in [2.75, 3.05) is 0 Å². The van der Waals surface area contributed by atoms with Gasteiger partial charge in [0.15, 0.2) is 6.10 Å². The molecular formula is C21H23NO4. The Morgan fingerprint density at radius 3 is 1.96 bits per heavy atom. The summed E-state index contributed by atoms with van der Waals surface area (Å²) in [5.41, 5.74) is 3.40. The summed E-state index contributed by atoms with van der Waals surface area (Å²) < 4.78 is 10.9. The van der Waals surface area contributed by atoms with E-state index >= 15 is 0 Å². The highest BCUT2D eigenvalue weighted by molar-refractivity contribution is 5.83. The molecule has 0 aromatic heterocycles. The van der Waals surface area contributed by atoms with Crippen LogP contribution in [0.3, 0.4) is 0 Å². The van der Waals surface area contributed by atoms with Gasteiger partial charge in [-0.1, -0.05) is 48.5 Å². The van der Waals surface area contributed by atoms with Crippen LogP contribution in [0.25, 0.3) is 11.1 Å². The van der Waals surface area contributed by atoms with Crippen LogP contribution in [0.4, 0.5) is 4.79 Å². The van der Waals surface area contributed by atoms with Gasteiger partial charge in [0, 0.05) is 11.1 Å². The third-order valence-electron chi connectivity index (χ3n) is 4.10. The third kappa shape index (κ3) is 3.72. The number of hydrogen-bond donors (Lipinski definition) is 1. The number of hydrogen-bond acceptors (Lipinski definition) is 4. The molecule has 1 amide bonds. The van der Waals surface area contributed by atoms with Gasteiger partial charge >= 0.3 is 12.1 Å². The van der Waals surface area contributed by atoms with Crippen molar-refractivity contribution in [2.24, 2.45) is 0 Å². The first kappa shape index (κ1) is 18.0. The summed E-state index contributed by atoms with van der Waals surface area (Å²) in [6, 6.07) is 14.9. The molecule has 5 heteroatoms. The summed E-state index contributed by atoms with van der Waals surface area (Å²) in [6.07, 6.45) is -1.12. The molecule has 1 unspecified atom stereocenters. The summed E-state index contributed by atoms with van der Waals surface area (Å²) in [7, 11) is 0. The third-order valence-corrected chi connectivity index (χ3v) is 4.10. The second-order valence-electron chi connectivity index (χ2n) is 7.36. The number of amides is 1. The molecule has 0 spiro atoms. The fourth-order valence-electron chi connectivity index (χ4n) is 3.00. The molecule has 2 aromatic rings. The predicted octanol–water partition coefficient (Wildman–Crippen LogP) is 4.21. The Kier molecular flexibility index (Phi) is 4.72. The average Bonchev–Trinajstić information content (AvgIpc) is 2.88. The number of ether oxygens (including phenoxy) is 2. The first-order valence-corrected chi connectivity index (χ1v) is 8.64. The van der Waals surface area contributed by atoms with Crippen LogP contribution >= 0.6 is 0 Å². The van der Waals surface area contributed by atoms with Crippen LogP contribution in [-0.4, -0.2) is 23.7 Å². The van der Waals surface area contributed by atoms with E-state index in [1.165, 1.54) is 0 Å². The normalized spacial score (nSPS) is 14.2. The molecule has 3 rings (SSSR count). The lowest BCUT2D eigenvalue weighted by Crippen LogP contribution is -2.42. The monoisotopic (exact) mass is 353 g/mol. The molecule has 26 heavy (non-hydrogen) atoms. The maximum absolute atomic E-state index is 12.5. The molecule has 0 aliphatic heterocycles. The van der Waals surface area contributed by atoms with Crippen LogP contribution in [0.15, 0.2) is 48.5 Å². The highest BCUT2D eigenvalue weighted by atomic mass is 16.6. The van der Waals surface area contributed by atoms with E-state index in [0.29, 0.717) is 0 Å². The fourth-order valence-corrected chi connectivity index (χ4v) is 3.00. The van der Waals surface area contributed by atoms with Crippen molar-refractivity contribution < 1.29 is 19.1 Å². The van der Waals surface area contributed by atoms with Gasteiger partial charge in [-0.05, 0) is 38.8 Å². The fraction of sp³-hybridized carbons (Fsp3) is 0.333. The quantitative estimate of drug-likeness (QED) is 0.840. The van der Waals surface area contributed by atoms with E-state index in [4.69, 9.17) is 9.47 Å². The van der Waals surface area contributed by atoms with Crippen molar-refractivity contribution in [3.63, 3.8) is 0 Å². The molecule has 0 fully saturated rings. The molecule has 1 atom stereocenters. The number of rotatable bonds is 3. The molecule has 0 heterocycles. The van der Waals surface area contributed by atoms with Crippen LogP contribution in [0, 0.1) is 0 Å². The Hall–Kier alpha value is -2.82. The van der Waals surface area contributed by atoms with E-state index in [-0.39, 0.29) is 0 Å². The van der Waals surface area contributed by atoms with Crippen LogP contribution in [0.5, 0.6) is 0 Å². The minimum absolute atomic E-state index is 0.474. The van der Waals surface area contributed by atoms with E-state index in [1.54, 1.807) is 27.7 Å².